The standard InChI is InChI=1S/C14H18N4OS3/c19-12-11(5-1-2-7-15-12)21-14-18-17-13(22-14)16-8-6-10-4-3-9-20-10/h3-4,9,11H,1-2,5-8H2,(H,15,19)(H,16,17). The fourth-order valence-corrected chi connectivity index (χ4v) is 5.02. The summed E-state index contributed by atoms with van der Waals surface area (Å²) in [6.07, 6.45) is 4.05. The van der Waals surface area contributed by atoms with Crippen molar-refractivity contribution in [1.82, 2.24) is 15.5 Å². The highest BCUT2D eigenvalue weighted by Crippen LogP contribution is 2.32. The number of rotatable bonds is 6. The number of hydrogen-bond acceptors (Lipinski definition) is 7. The van der Waals surface area contributed by atoms with Gasteiger partial charge in [0.05, 0.1) is 5.25 Å². The lowest BCUT2D eigenvalue weighted by Crippen LogP contribution is -2.30. The van der Waals surface area contributed by atoms with Crippen LogP contribution < -0.4 is 10.6 Å². The lowest BCUT2D eigenvalue weighted by molar-refractivity contribution is -0.120. The molecule has 0 bridgehead atoms. The maximum absolute atomic E-state index is 11.9. The average molecular weight is 355 g/mol. The van der Waals surface area contributed by atoms with Crippen molar-refractivity contribution in [3.05, 3.63) is 22.4 Å². The Morgan fingerprint density at radius 3 is 3.23 bits per heavy atom. The van der Waals surface area contributed by atoms with Crippen LogP contribution in [0.15, 0.2) is 21.9 Å². The Labute approximate surface area is 141 Å². The Kier molecular flexibility index (Phi) is 5.69. The van der Waals surface area contributed by atoms with Crippen molar-refractivity contribution in [3.8, 4) is 0 Å². The molecule has 8 heteroatoms. The van der Waals surface area contributed by atoms with E-state index in [0.29, 0.717) is 0 Å². The first-order valence-electron chi connectivity index (χ1n) is 7.35. The highest BCUT2D eigenvalue weighted by Gasteiger charge is 2.23. The predicted molar refractivity (Wildman–Crippen MR) is 92.9 cm³/mol. The van der Waals surface area contributed by atoms with Gasteiger partial charge in [-0.25, -0.2) is 0 Å². The second-order valence-electron chi connectivity index (χ2n) is 5.02. The first-order chi connectivity index (χ1) is 10.8. The van der Waals surface area contributed by atoms with Crippen LogP contribution in [0.25, 0.3) is 0 Å². The van der Waals surface area contributed by atoms with Gasteiger partial charge in [0.15, 0.2) is 4.34 Å². The number of carbonyl (C=O) groups excluding carboxylic acids is 1. The van der Waals surface area contributed by atoms with Gasteiger partial charge in [0.2, 0.25) is 11.0 Å². The molecule has 1 atom stereocenters. The summed E-state index contributed by atoms with van der Waals surface area (Å²) >= 11 is 4.83. The molecule has 2 aromatic heterocycles. The van der Waals surface area contributed by atoms with Crippen molar-refractivity contribution in [1.29, 1.82) is 0 Å². The zero-order valence-electron chi connectivity index (χ0n) is 12.1. The molecule has 1 aliphatic rings. The minimum Gasteiger partial charge on any atom is -0.360 e. The predicted octanol–water partition coefficient (Wildman–Crippen LogP) is 3.02. The Bertz CT molecular complexity index is 599. The van der Waals surface area contributed by atoms with E-state index in [4.69, 9.17) is 0 Å². The van der Waals surface area contributed by atoms with Crippen molar-refractivity contribution in [2.75, 3.05) is 18.4 Å². The van der Waals surface area contributed by atoms with E-state index in [1.165, 1.54) is 28.0 Å². The second kappa shape index (κ2) is 7.94. The highest BCUT2D eigenvalue weighted by atomic mass is 32.2. The number of nitrogens with one attached hydrogen (secondary N) is 2. The van der Waals surface area contributed by atoms with Crippen LogP contribution >= 0.6 is 34.4 Å². The molecule has 0 aliphatic carbocycles. The molecule has 118 valence electrons. The number of nitrogens with zero attached hydrogens (tertiary/aromatic N) is 2. The van der Waals surface area contributed by atoms with Gasteiger partial charge in [-0.2, -0.15) is 0 Å². The molecule has 1 unspecified atom stereocenters. The van der Waals surface area contributed by atoms with Gasteiger partial charge in [-0.3, -0.25) is 4.79 Å². The molecule has 1 amide bonds. The lowest BCUT2D eigenvalue weighted by atomic mass is 10.2. The van der Waals surface area contributed by atoms with Crippen molar-refractivity contribution < 1.29 is 4.79 Å². The summed E-state index contributed by atoms with van der Waals surface area (Å²) in [5, 5.41) is 17.5. The van der Waals surface area contributed by atoms with Crippen molar-refractivity contribution >= 4 is 45.5 Å². The summed E-state index contributed by atoms with van der Waals surface area (Å²) < 4.78 is 0.862. The largest absolute Gasteiger partial charge is 0.360 e. The number of amides is 1. The molecular formula is C14H18N4OS3. The first kappa shape index (κ1) is 15.8. The quantitative estimate of drug-likeness (QED) is 0.835. The minimum atomic E-state index is -0.0329. The average Bonchev–Trinajstić information content (AvgIpc) is 3.13. The third-order valence-corrected chi connectivity index (χ3v) is 6.53. The van der Waals surface area contributed by atoms with Gasteiger partial charge in [0.1, 0.15) is 0 Å². The first-order valence-corrected chi connectivity index (χ1v) is 9.93. The smallest absolute Gasteiger partial charge is 0.233 e. The third kappa shape index (κ3) is 4.44. The SMILES string of the molecule is O=C1NCCCCC1Sc1nnc(NCCc2cccs2)s1. The van der Waals surface area contributed by atoms with Crippen LogP contribution in [0.4, 0.5) is 5.13 Å². The zero-order chi connectivity index (χ0) is 15.2. The normalized spacial score (nSPS) is 18.7. The van der Waals surface area contributed by atoms with E-state index in [1.807, 2.05) is 0 Å². The Morgan fingerprint density at radius 1 is 1.41 bits per heavy atom. The number of thiophene rings is 1. The molecule has 3 rings (SSSR count). The number of aromatic nitrogens is 2. The fourth-order valence-electron chi connectivity index (χ4n) is 2.22. The number of anilines is 1. The number of thioether (sulfide) groups is 1. The Hall–Kier alpha value is -1.12. The zero-order valence-corrected chi connectivity index (χ0v) is 14.5. The van der Waals surface area contributed by atoms with Crippen LogP contribution in [0, 0.1) is 0 Å². The molecule has 0 aromatic carbocycles. The summed E-state index contributed by atoms with van der Waals surface area (Å²) in [6.45, 7) is 1.64. The van der Waals surface area contributed by atoms with Crippen LogP contribution in [0.1, 0.15) is 24.1 Å². The molecule has 1 aliphatic heterocycles. The molecule has 3 heterocycles. The summed E-state index contributed by atoms with van der Waals surface area (Å²) in [7, 11) is 0. The van der Waals surface area contributed by atoms with Crippen LogP contribution in [0.2, 0.25) is 0 Å². The van der Waals surface area contributed by atoms with E-state index in [2.05, 4.69) is 38.3 Å². The monoisotopic (exact) mass is 354 g/mol. The van der Waals surface area contributed by atoms with Crippen LogP contribution in [-0.4, -0.2) is 34.4 Å². The van der Waals surface area contributed by atoms with Gasteiger partial charge in [-0.1, -0.05) is 35.6 Å². The van der Waals surface area contributed by atoms with E-state index in [9.17, 15) is 4.79 Å². The van der Waals surface area contributed by atoms with Crippen LogP contribution in [0.3, 0.4) is 0 Å². The summed E-state index contributed by atoms with van der Waals surface area (Å²) in [4.78, 5) is 13.3. The third-order valence-electron chi connectivity index (χ3n) is 3.36. The Morgan fingerprint density at radius 2 is 2.36 bits per heavy atom. The summed E-state index contributed by atoms with van der Waals surface area (Å²) in [5.74, 6) is 0.130. The lowest BCUT2D eigenvalue weighted by Gasteiger charge is -2.09. The highest BCUT2D eigenvalue weighted by molar-refractivity contribution is 8.02. The maximum Gasteiger partial charge on any atom is 0.233 e. The van der Waals surface area contributed by atoms with E-state index < -0.39 is 0 Å². The number of carbonyl (C=O) groups is 1. The molecule has 0 saturated carbocycles. The fraction of sp³-hybridized carbons (Fsp3) is 0.500. The Balaban J connectivity index is 1.49. The molecule has 2 aromatic rings. The molecule has 1 saturated heterocycles. The van der Waals surface area contributed by atoms with Gasteiger partial charge >= 0.3 is 0 Å². The maximum atomic E-state index is 11.9. The number of hydrogen-bond donors (Lipinski definition) is 2. The van der Waals surface area contributed by atoms with Crippen LogP contribution in [-0.2, 0) is 11.2 Å². The summed E-state index contributed by atoms with van der Waals surface area (Å²) in [6, 6.07) is 4.20. The molecule has 5 nitrogen and oxygen atoms in total. The minimum absolute atomic E-state index is 0.0329. The van der Waals surface area contributed by atoms with Crippen LogP contribution in [0.5, 0.6) is 0 Å². The molecule has 2 N–H and O–H groups in total. The van der Waals surface area contributed by atoms with E-state index in [0.717, 1.165) is 48.2 Å². The topological polar surface area (TPSA) is 66.9 Å². The van der Waals surface area contributed by atoms with Gasteiger partial charge in [0, 0.05) is 18.0 Å². The van der Waals surface area contributed by atoms with E-state index in [1.54, 1.807) is 11.3 Å². The molecule has 0 radical (unpaired) electrons. The van der Waals surface area contributed by atoms with Gasteiger partial charge in [-0.05, 0) is 30.7 Å². The van der Waals surface area contributed by atoms with Gasteiger partial charge in [0.25, 0.3) is 0 Å². The van der Waals surface area contributed by atoms with Crippen molar-refractivity contribution in [2.45, 2.75) is 35.3 Å². The van der Waals surface area contributed by atoms with E-state index in [-0.39, 0.29) is 11.2 Å². The van der Waals surface area contributed by atoms with Gasteiger partial charge < -0.3 is 10.6 Å². The van der Waals surface area contributed by atoms with Crippen molar-refractivity contribution in [2.24, 2.45) is 0 Å². The van der Waals surface area contributed by atoms with Gasteiger partial charge in [-0.15, -0.1) is 21.5 Å². The van der Waals surface area contributed by atoms with E-state index >= 15 is 0 Å². The molecule has 1 fully saturated rings. The molecule has 0 spiro atoms. The van der Waals surface area contributed by atoms with Crippen molar-refractivity contribution in [3.63, 3.8) is 0 Å². The molecular weight excluding hydrogens is 336 g/mol. The summed E-state index contributed by atoms with van der Waals surface area (Å²) in [5.41, 5.74) is 0. The molecule has 22 heavy (non-hydrogen) atoms. The second-order valence-corrected chi connectivity index (χ2v) is 8.48.